The van der Waals surface area contributed by atoms with E-state index >= 15 is 0 Å². The zero-order valence-electron chi connectivity index (χ0n) is 12.4. The summed E-state index contributed by atoms with van der Waals surface area (Å²) in [5.41, 5.74) is 3.19. The van der Waals surface area contributed by atoms with Crippen LogP contribution in [0.3, 0.4) is 0 Å². The van der Waals surface area contributed by atoms with E-state index in [0.29, 0.717) is 0 Å². The second-order valence-electron chi connectivity index (χ2n) is 6.91. The van der Waals surface area contributed by atoms with E-state index in [1.54, 1.807) is 11.1 Å². The van der Waals surface area contributed by atoms with Crippen molar-refractivity contribution < 1.29 is 0 Å². The Morgan fingerprint density at radius 3 is 2.25 bits per heavy atom. The highest BCUT2D eigenvalue weighted by Crippen LogP contribution is 2.31. The maximum Gasteiger partial charge on any atom is 0.0176 e. The molecule has 0 aromatic heterocycles. The summed E-state index contributed by atoms with van der Waals surface area (Å²) >= 11 is 0. The van der Waals surface area contributed by atoms with Gasteiger partial charge in [0.25, 0.3) is 0 Å². The summed E-state index contributed by atoms with van der Waals surface area (Å²) in [5.74, 6) is 0.942. The number of hydrogen-bond acceptors (Lipinski definition) is 2. The van der Waals surface area contributed by atoms with Crippen molar-refractivity contribution in [2.24, 2.45) is 5.92 Å². The molecule has 1 aromatic carbocycles. The molecule has 0 saturated carbocycles. The molecule has 0 radical (unpaired) electrons. The molecule has 0 spiro atoms. The van der Waals surface area contributed by atoms with Gasteiger partial charge in [-0.05, 0) is 75.2 Å². The molecule has 2 heteroatoms. The van der Waals surface area contributed by atoms with E-state index < -0.39 is 0 Å². The molecule has 2 nitrogen and oxygen atoms in total. The number of likely N-dealkylation sites (tertiary alicyclic amines) is 1. The maximum absolute atomic E-state index is 3.71. The van der Waals surface area contributed by atoms with Gasteiger partial charge >= 0.3 is 0 Å². The van der Waals surface area contributed by atoms with Gasteiger partial charge in [0.2, 0.25) is 0 Å². The smallest absolute Gasteiger partial charge is 0.0176 e. The van der Waals surface area contributed by atoms with Gasteiger partial charge in [-0.25, -0.2) is 0 Å². The molecule has 2 aliphatic heterocycles. The van der Waals surface area contributed by atoms with Crippen LogP contribution in [0.4, 0.5) is 0 Å². The molecule has 108 valence electrons. The van der Waals surface area contributed by atoms with Crippen molar-refractivity contribution >= 4 is 0 Å². The van der Waals surface area contributed by atoms with Gasteiger partial charge in [-0.1, -0.05) is 24.3 Å². The van der Waals surface area contributed by atoms with Crippen LogP contribution in [0.25, 0.3) is 0 Å². The molecule has 1 aliphatic carbocycles. The molecular weight excluding hydrogens is 244 g/mol. The van der Waals surface area contributed by atoms with Crippen LogP contribution in [0.5, 0.6) is 0 Å². The van der Waals surface area contributed by atoms with Crippen molar-refractivity contribution in [3.05, 3.63) is 35.4 Å². The van der Waals surface area contributed by atoms with Gasteiger partial charge in [0, 0.05) is 12.1 Å². The number of nitrogens with one attached hydrogen (secondary N) is 1. The lowest BCUT2D eigenvalue weighted by atomic mass is 9.88. The highest BCUT2D eigenvalue weighted by atomic mass is 15.2. The number of hydrogen-bond donors (Lipinski definition) is 1. The molecule has 1 atom stereocenters. The Kier molecular flexibility index (Phi) is 3.53. The fourth-order valence-electron chi connectivity index (χ4n) is 4.59. The van der Waals surface area contributed by atoms with Gasteiger partial charge in [0.1, 0.15) is 0 Å². The Hall–Kier alpha value is -0.860. The summed E-state index contributed by atoms with van der Waals surface area (Å²) in [6.07, 6.45) is 8.18. The predicted molar refractivity (Wildman–Crippen MR) is 83.0 cm³/mol. The standard InChI is InChI=1S/C18H26N2/c1-2-5-16-13-17(12-15(16)4-1)20-10-7-14(8-11-20)18-6-3-9-19-18/h1-2,4-5,14,17-19H,3,6-13H2. The molecule has 2 heterocycles. The summed E-state index contributed by atoms with van der Waals surface area (Å²) in [4.78, 5) is 2.77. The van der Waals surface area contributed by atoms with Crippen LogP contribution in [0.1, 0.15) is 36.8 Å². The molecule has 1 unspecified atom stereocenters. The average Bonchev–Trinajstić information content (AvgIpc) is 3.17. The third kappa shape index (κ3) is 2.40. The van der Waals surface area contributed by atoms with Crippen LogP contribution >= 0.6 is 0 Å². The van der Waals surface area contributed by atoms with Crippen LogP contribution in [-0.2, 0) is 12.8 Å². The van der Waals surface area contributed by atoms with Gasteiger partial charge in [-0.3, -0.25) is 4.90 Å². The van der Waals surface area contributed by atoms with E-state index in [4.69, 9.17) is 0 Å². The second-order valence-corrected chi connectivity index (χ2v) is 6.91. The second kappa shape index (κ2) is 5.50. The number of benzene rings is 1. The van der Waals surface area contributed by atoms with Crippen molar-refractivity contribution in [3.8, 4) is 0 Å². The highest BCUT2D eigenvalue weighted by molar-refractivity contribution is 5.33. The molecule has 1 aromatic rings. The molecule has 4 rings (SSSR count). The number of nitrogens with zero attached hydrogens (tertiary/aromatic N) is 1. The van der Waals surface area contributed by atoms with E-state index in [1.165, 1.54) is 58.2 Å². The van der Waals surface area contributed by atoms with E-state index in [0.717, 1.165) is 18.0 Å². The zero-order chi connectivity index (χ0) is 13.4. The topological polar surface area (TPSA) is 15.3 Å². The quantitative estimate of drug-likeness (QED) is 0.889. The van der Waals surface area contributed by atoms with Crippen LogP contribution in [0, 0.1) is 5.92 Å². The normalized spacial score (nSPS) is 28.9. The van der Waals surface area contributed by atoms with Crippen LogP contribution in [-0.4, -0.2) is 36.6 Å². The van der Waals surface area contributed by atoms with Gasteiger partial charge < -0.3 is 5.32 Å². The molecule has 2 fully saturated rings. The third-order valence-electron chi connectivity index (χ3n) is 5.79. The average molecular weight is 270 g/mol. The predicted octanol–water partition coefficient (Wildman–Crippen LogP) is 2.62. The first-order valence-corrected chi connectivity index (χ1v) is 8.44. The Morgan fingerprint density at radius 1 is 0.950 bits per heavy atom. The first-order valence-electron chi connectivity index (χ1n) is 8.44. The largest absolute Gasteiger partial charge is 0.314 e. The van der Waals surface area contributed by atoms with Crippen LogP contribution in [0.2, 0.25) is 0 Å². The Bertz CT molecular complexity index is 431. The van der Waals surface area contributed by atoms with Crippen molar-refractivity contribution in [1.82, 2.24) is 10.2 Å². The van der Waals surface area contributed by atoms with Crippen molar-refractivity contribution in [3.63, 3.8) is 0 Å². The SMILES string of the molecule is c1ccc2c(c1)CC(N1CCC(C3CCCN3)CC1)C2. The van der Waals surface area contributed by atoms with Crippen LogP contribution in [0.15, 0.2) is 24.3 Å². The van der Waals surface area contributed by atoms with Gasteiger partial charge in [-0.2, -0.15) is 0 Å². The Morgan fingerprint density at radius 2 is 1.65 bits per heavy atom. The summed E-state index contributed by atoms with van der Waals surface area (Å²) < 4.78 is 0. The minimum atomic E-state index is 0.782. The summed E-state index contributed by atoms with van der Waals surface area (Å²) in [6, 6.07) is 10.6. The molecule has 0 amide bonds. The lowest BCUT2D eigenvalue weighted by Gasteiger charge is -2.38. The molecule has 20 heavy (non-hydrogen) atoms. The fraction of sp³-hybridized carbons (Fsp3) is 0.667. The van der Waals surface area contributed by atoms with Crippen molar-refractivity contribution in [1.29, 1.82) is 0 Å². The summed E-state index contributed by atoms with van der Waals surface area (Å²) in [5, 5.41) is 3.71. The van der Waals surface area contributed by atoms with Crippen molar-refractivity contribution in [2.75, 3.05) is 19.6 Å². The van der Waals surface area contributed by atoms with E-state index in [9.17, 15) is 0 Å². The number of fused-ring (bicyclic) bond motifs is 1. The zero-order valence-corrected chi connectivity index (χ0v) is 12.4. The highest BCUT2D eigenvalue weighted by Gasteiger charge is 2.32. The number of piperidine rings is 1. The summed E-state index contributed by atoms with van der Waals surface area (Å²) in [6.45, 7) is 3.89. The first-order chi connectivity index (χ1) is 9.90. The van der Waals surface area contributed by atoms with Gasteiger partial charge in [-0.15, -0.1) is 0 Å². The Balaban J connectivity index is 1.34. The van der Waals surface area contributed by atoms with Crippen molar-refractivity contribution in [2.45, 2.75) is 50.6 Å². The minimum absolute atomic E-state index is 0.782. The molecule has 0 bridgehead atoms. The molecule has 2 saturated heterocycles. The fourth-order valence-corrected chi connectivity index (χ4v) is 4.59. The molecule has 1 N–H and O–H groups in total. The summed E-state index contributed by atoms with van der Waals surface area (Å²) in [7, 11) is 0. The number of rotatable bonds is 2. The lowest BCUT2D eigenvalue weighted by molar-refractivity contribution is 0.122. The van der Waals surface area contributed by atoms with E-state index in [2.05, 4.69) is 34.5 Å². The molecular formula is C18H26N2. The maximum atomic E-state index is 3.71. The van der Waals surface area contributed by atoms with Gasteiger partial charge in [0.05, 0.1) is 0 Å². The Labute approximate surface area is 122 Å². The van der Waals surface area contributed by atoms with Crippen LogP contribution < -0.4 is 5.32 Å². The van der Waals surface area contributed by atoms with Gasteiger partial charge in [0.15, 0.2) is 0 Å². The van der Waals surface area contributed by atoms with E-state index in [-0.39, 0.29) is 0 Å². The third-order valence-corrected chi connectivity index (χ3v) is 5.79. The first kappa shape index (κ1) is 12.8. The lowest BCUT2D eigenvalue weighted by Crippen LogP contribution is -2.45. The molecule has 3 aliphatic rings. The van der Waals surface area contributed by atoms with E-state index in [1.807, 2.05) is 0 Å². The monoisotopic (exact) mass is 270 g/mol. The minimum Gasteiger partial charge on any atom is -0.314 e.